The molecule has 14 nitrogen and oxygen atoms in total. The number of rotatable bonds is 24. The van der Waals surface area contributed by atoms with Gasteiger partial charge in [0, 0.05) is 39.6 Å². The highest BCUT2D eigenvalue weighted by Gasteiger charge is 2.31. The molecule has 0 aliphatic heterocycles. The van der Waals surface area contributed by atoms with Crippen LogP contribution in [0.2, 0.25) is 0 Å². The smallest absolute Gasteiger partial charge is 0.211 e. The molecule has 0 atom stereocenters. The van der Waals surface area contributed by atoms with Crippen molar-refractivity contribution < 1.29 is 66.3 Å². The third kappa shape index (κ3) is 9.16. The second kappa shape index (κ2) is 20.3. The Kier molecular flexibility index (Phi) is 16.9. The first-order chi connectivity index (χ1) is 22.0. The Balaban J connectivity index is 2.45. The minimum absolute atomic E-state index is 0.00916. The third-order valence-corrected chi connectivity index (χ3v) is 6.61. The Labute approximate surface area is 265 Å². The minimum Gasteiger partial charge on any atom is -0.492 e. The molecule has 0 unspecified atom stereocenters. The van der Waals surface area contributed by atoms with Gasteiger partial charge in [0.15, 0.2) is 50.2 Å². The van der Waals surface area contributed by atoms with Crippen molar-refractivity contribution in [2.45, 2.75) is 32.1 Å². The molecule has 256 valence electrons. The summed E-state index contributed by atoms with van der Waals surface area (Å²) < 4.78 is 78.6. The first-order valence-corrected chi connectivity index (χ1v) is 14.1. The van der Waals surface area contributed by atoms with E-state index in [2.05, 4.69) is 0 Å². The quantitative estimate of drug-likeness (QED) is 0.116. The van der Waals surface area contributed by atoms with Crippen molar-refractivity contribution in [1.82, 2.24) is 0 Å². The monoisotopic (exact) mass is 644 g/mol. The Hall–Kier alpha value is -3.72. The lowest BCUT2D eigenvalue weighted by atomic mass is 9.99. The van der Waals surface area contributed by atoms with E-state index in [1.165, 1.54) is 56.9 Å². The lowest BCUT2D eigenvalue weighted by molar-refractivity contribution is 0.0424. The van der Waals surface area contributed by atoms with Crippen molar-refractivity contribution in [2.75, 3.05) is 98.3 Å². The summed E-state index contributed by atoms with van der Waals surface area (Å²) in [6.45, 7) is -0.0653. The van der Waals surface area contributed by atoms with Crippen LogP contribution >= 0.6 is 0 Å². The average Bonchev–Trinajstić information content (AvgIpc) is 3.06. The molecule has 2 aromatic rings. The van der Waals surface area contributed by atoms with Crippen LogP contribution in [0.4, 0.5) is 0 Å². The predicted octanol–water partition coefficient (Wildman–Crippen LogP) is 4.62. The normalized spacial score (nSPS) is 10.7. The van der Waals surface area contributed by atoms with Crippen molar-refractivity contribution in [2.24, 2.45) is 0 Å². The highest BCUT2D eigenvalue weighted by atomic mass is 16.7. The van der Waals surface area contributed by atoms with Crippen molar-refractivity contribution in [3.05, 3.63) is 11.1 Å². The Morgan fingerprint density at radius 3 is 0.822 bits per heavy atom. The van der Waals surface area contributed by atoms with Gasteiger partial charge in [-0.3, -0.25) is 0 Å². The van der Waals surface area contributed by atoms with Gasteiger partial charge in [0.05, 0.1) is 42.7 Å². The Bertz CT molecular complexity index is 1080. The fourth-order valence-electron chi connectivity index (χ4n) is 4.82. The fraction of sp³-hybridized carbons (Fsp3) is 0.613. The molecule has 45 heavy (non-hydrogen) atoms. The van der Waals surface area contributed by atoms with Crippen molar-refractivity contribution in [3.63, 3.8) is 0 Å². The largest absolute Gasteiger partial charge is 0.492 e. The summed E-state index contributed by atoms with van der Waals surface area (Å²) in [5.74, 6) is 3.82. The molecule has 0 N–H and O–H groups in total. The van der Waals surface area contributed by atoms with E-state index in [4.69, 9.17) is 66.3 Å². The van der Waals surface area contributed by atoms with E-state index in [1.807, 2.05) is 0 Å². The molecule has 0 heterocycles. The topological polar surface area (TPSA) is 129 Å². The van der Waals surface area contributed by atoms with Gasteiger partial charge in [-0.1, -0.05) is 6.42 Å². The first-order valence-electron chi connectivity index (χ1n) is 14.1. The van der Waals surface area contributed by atoms with Crippen LogP contribution in [-0.4, -0.2) is 98.3 Å². The third-order valence-electron chi connectivity index (χ3n) is 6.61. The molecule has 0 saturated carbocycles. The molecule has 0 fully saturated rings. The van der Waals surface area contributed by atoms with Crippen LogP contribution in [0.1, 0.15) is 30.4 Å². The number of unbranched alkanes of at least 4 members (excludes halogenated alkanes) is 2. The second-order valence-electron chi connectivity index (χ2n) is 9.24. The van der Waals surface area contributed by atoms with Gasteiger partial charge in [0.2, 0.25) is 34.5 Å². The van der Waals surface area contributed by atoms with Gasteiger partial charge in [0.25, 0.3) is 0 Å². The SMILES string of the molecule is COCOc1c(CCCCCc2c(OCOC)c(OC)c(OC)c(OCOC)c2OC)c(OC)c(OCOC)c(OC)c1OC. The summed E-state index contributed by atoms with van der Waals surface area (Å²) in [6.07, 6.45) is 3.41. The molecular weight excluding hydrogens is 596 g/mol. The number of benzene rings is 2. The van der Waals surface area contributed by atoms with Crippen LogP contribution in [0, 0.1) is 0 Å². The summed E-state index contributed by atoms with van der Waals surface area (Å²) >= 11 is 0. The summed E-state index contributed by atoms with van der Waals surface area (Å²) in [6, 6.07) is 0. The van der Waals surface area contributed by atoms with Crippen LogP contribution in [0.25, 0.3) is 0 Å². The average molecular weight is 645 g/mol. The Morgan fingerprint density at radius 1 is 0.289 bits per heavy atom. The minimum atomic E-state index is -0.0235. The lowest BCUT2D eigenvalue weighted by Crippen LogP contribution is -2.10. The van der Waals surface area contributed by atoms with E-state index in [-0.39, 0.29) is 27.2 Å². The van der Waals surface area contributed by atoms with Crippen molar-refractivity contribution >= 4 is 0 Å². The number of ether oxygens (including phenoxy) is 14. The molecule has 0 amide bonds. The van der Waals surface area contributed by atoms with E-state index >= 15 is 0 Å². The molecule has 0 aliphatic rings. The summed E-state index contributed by atoms with van der Waals surface area (Å²) in [5, 5.41) is 0. The van der Waals surface area contributed by atoms with Crippen LogP contribution < -0.4 is 47.4 Å². The zero-order valence-electron chi connectivity index (χ0n) is 28.1. The van der Waals surface area contributed by atoms with Gasteiger partial charge in [-0.15, -0.1) is 0 Å². The van der Waals surface area contributed by atoms with Gasteiger partial charge in [0.1, 0.15) is 0 Å². The molecule has 2 aromatic carbocycles. The first kappa shape index (κ1) is 37.5. The standard InChI is InChI=1S/C31H48O14/c1-32-16-42-24-20(22(36-5)30(44-18-34-3)28(40-9)26(24)38-7)14-12-11-13-15-21-23(37-6)31(45-19-35-4)29(41-10)27(39-8)25(21)43-17-33-2/h11-19H2,1-10H3. The maximum absolute atomic E-state index is 5.97. The maximum Gasteiger partial charge on any atom is 0.211 e. The molecule has 2 rings (SSSR count). The molecular formula is C31H48O14. The summed E-state index contributed by atoms with van der Waals surface area (Å²) in [5.41, 5.74) is 1.47. The molecule has 0 saturated heterocycles. The zero-order valence-corrected chi connectivity index (χ0v) is 28.1. The van der Waals surface area contributed by atoms with E-state index < -0.39 is 0 Å². The van der Waals surface area contributed by atoms with E-state index in [0.29, 0.717) is 70.3 Å². The summed E-state index contributed by atoms with van der Waals surface area (Å²) in [7, 11) is 15.3. The van der Waals surface area contributed by atoms with E-state index in [0.717, 1.165) is 30.4 Å². The predicted molar refractivity (Wildman–Crippen MR) is 163 cm³/mol. The van der Waals surface area contributed by atoms with Crippen LogP contribution in [-0.2, 0) is 31.8 Å². The highest BCUT2D eigenvalue weighted by Crippen LogP contribution is 2.55. The zero-order chi connectivity index (χ0) is 33.2. The van der Waals surface area contributed by atoms with Gasteiger partial charge in [-0.05, 0) is 25.7 Å². The van der Waals surface area contributed by atoms with E-state index in [9.17, 15) is 0 Å². The molecule has 0 aliphatic carbocycles. The number of hydrogen-bond donors (Lipinski definition) is 0. The molecule has 0 bridgehead atoms. The molecule has 0 radical (unpaired) electrons. The fourth-order valence-corrected chi connectivity index (χ4v) is 4.82. The van der Waals surface area contributed by atoms with E-state index in [1.54, 1.807) is 14.2 Å². The second-order valence-corrected chi connectivity index (χ2v) is 9.24. The van der Waals surface area contributed by atoms with Crippen LogP contribution in [0.3, 0.4) is 0 Å². The van der Waals surface area contributed by atoms with Crippen LogP contribution in [0.5, 0.6) is 57.5 Å². The number of hydrogen-bond acceptors (Lipinski definition) is 14. The Morgan fingerprint density at radius 2 is 0.556 bits per heavy atom. The molecule has 14 heteroatoms. The maximum atomic E-state index is 5.97. The van der Waals surface area contributed by atoms with Gasteiger partial charge >= 0.3 is 0 Å². The van der Waals surface area contributed by atoms with Gasteiger partial charge in [-0.25, -0.2) is 0 Å². The molecule has 0 spiro atoms. The van der Waals surface area contributed by atoms with Crippen molar-refractivity contribution in [3.8, 4) is 57.5 Å². The molecule has 0 aromatic heterocycles. The van der Waals surface area contributed by atoms with Crippen molar-refractivity contribution in [1.29, 1.82) is 0 Å². The van der Waals surface area contributed by atoms with Gasteiger partial charge < -0.3 is 66.3 Å². The number of methoxy groups -OCH3 is 10. The highest BCUT2D eigenvalue weighted by molar-refractivity contribution is 5.71. The lowest BCUT2D eigenvalue weighted by Gasteiger charge is -2.24. The van der Waals surface area contributed by atoms with Gasteiger partial charge in [-0.2, -0.15) is 0 Å². The van der Waals surface area contributed by atoms with Crippen LogP contribution in [0.15, 0.2) is 0 Å². The summed E-state index contributed by atoms with van der Waals surface area (Å²) in [4.78, 5) is 0.